The number of aliphatic imine (C=N–C) groups is 1. The number of carbonyl (C=O) groups is 1. The van der Waals surface area contributed by atoms with E-state index in [9.17, 15) is 18.7 Å². The van der Waals surface area contributed by atoms with E-state index in [1.54, 1.807) is 30.7 Å². The molecule has 1 saturated carbocycles. The van der Waals surface area contributed by atoms with Crippen molar-refractivity contribution in [2.24, 2.45) is 4.99 Å². The molecule has 38 heavy (non-hydrogen) atoms. The third-order valence-electron chi connectivity index (χ3n) is 6.15. The molecule has 0 bridgehead atoms. The van der Waals surface area contributed by atoms with Crippen LogP contribution in [0.1, 0.15) is 65.5 Å². The average Bonchev–Trinajstić information content (AvgIpc) is 3.64. The van der Waals surface area contributed by atoms with Crippen LogP contribution in [0.5, 0.6) is 5.75 Å². The lowest BCUT2D eigenvalue weighted by Crippen LogP contribution is -2.10. The number of anilines is 1. The number of aromatic carboxylic acids is 1. The van der Waals surface area contributed by atoms with Crippen LogP contribution in [-0.4, -0.2) is 38.7 Å². The Kier molecular flexibility index (Phi) is 7.99. The Hall–Kier alpha value is -4.34. The van der Waals surface area contributed by atoms with Crippen molar-refractivity contribution in [1.29, 1.82) is 0 Å². The van der Waals surface area contributed by atoms with Gasteiger partial charge in [0.15, 0.2) is 0 Å². The molecule has 198 valence electrons. The standard InChI is InChI=1S/C28H29F2N5O3/c1-5-38-20-12-23(29)22(24(30)13-20)15-35-27(19-6-7-19)17(3)26(34-35)18(4)32-11-8-16(2)33-25-9-10-31-14-21(25)28(36)37/h8-14,19H,4-7,15H2,1-3H3,(H,31,33)(H,36,37)/b16-8+,32-11-. The second kappa shape index (κ2) is 11.4. The summed E-state index contributed by atoms with van der Waals surface area (Å²) in [7, 11) is 0. The molecule has 0 aliphatic heterocycles. The molecule has 1 aliphatic carbocycles. The third-order valence-corrected chi connectivity index (χ3v) is 6.15. The summed E-state index contributed by atoms with van der Waals surface area (Å²) in [6.07, 6.45) is 7.95. The van der Waals surface area contributed by atoms with E-state index < -0.39 is 17.6 Å². The van der Waals surface area contributed by atoms with Crippen molar-refractivity contribution in [3.8, 4) is 5.75 Å². The van der Waals surface area contributed by atoms with Crippen LogP contribution in [0.3, 0.4) is 0 Å². The smallest absolute Gasteiger partial charge is 0.339 e. The Morgan fingerprint density at radius 1 is 1.34 bits per heavy atom. The van der Waals surface area contributed by atoms with E-state index in [0.29, 0.717) is 29.4 Å². The van der Waals surface area contributed by atoms with Gasteiger partial charge in [0.2, 0.25) is 0 Å². The number of benzene rings is 1. The van der Waals surface area contributed by atoms with Crippen molar-refractivity contribution >= 4 is 23.6 Å². The molecule has 1 fully saturated rings. The summed E-state index contributed by atoms with van der Waals surface area (Å²) in [4.78, 5) is 19.6. The van der Waals surface area contributed by atoms with Gasteiger partial charge in [0.25, 0.3) is 0 Å². The second-order valence-corrected chi connectivity index (χ2v) is 9.02. The van der Waals surface area contributed by atoms with Gasteiger partial charge in [0.1, 0.15) is 28.6 Å². The molecule has 1 aromatic carbocycles. The molecule has 3 aromatic rings. The maximum absolute atomic E-state index is 14.8. The number of hydrogen-bond donors (Lipinski definition) is 2. The fourth-order valence-corrected chi connectivity index (χ4v) is 4.19. The molecule has 2 N–H and O–H groups in total. The summed E-state index contributed by atoms with van der Waals surface area (Å²) in [5, 5.41) is 17.0. The van der Waals surface area contributed by atoms with Crippen molar-refractivity contribution in [2.75, 3.05) is 11.9 Å². The van der Waals surface area contributed by atoms with Crippen molar-refractivity contribution in [3.05, 3.63) is 88.7 Å². The molecule has 0 amide bonds. The van der Waals surface area contributed by atoms with Crippen LogP contribution in [0.4, 0.5) is 14.5 Å². The summed E-state index contributed by atoms with van der Waals surface area (Å²) in [5.74, 6) is -2.03. The number of hydrogen-bond acceptors (Lipinski definition) is 6. The lowest BCUT2D eigenvalue weighted by atomic mass is 10.1. The van der Waals surface area contributed by atoms with E-state index in [1.165, 1.54) is 30.7 Å². The fourth-order valence-electron chi connectivity index (χ4n) is 4.19. The number of ether oxygens (including phenoxy) is 1. The van der Waals surface area contributed by atoms with Crippen molar-refractivity contribution in [3.63, 3.8) is 0 Å². The first kappa shape index (κ1) is 26.7. The summed E-state index contributed by atoms with van der Waals surface area (Å²) < 4.78 is 36.4. The Balaban J connectivity index is 1.54. The monoisotopic (exact) mass is 521 g/mol. The number of nitrogens with zero attached hydrogens (tertiary/aromatic N) is 4. The zero-order chi connectivity index (χ0) is 27.4. The first-order chi connectivity index (χ1) is 18.2. The van der Waals surface area contributed by atoms with Gasteiger partial charge >= 0.3 is 5.97 Å². The van der Waals surface area contributed by atoms with Gasteiger partial charge in [-0.05, 0) is 45.8 Å². The summed E-state index contributed by atoms with van der Waals surface area (Å²) in [6, 6.07) is 3.95. The highest BCUT2D eigenvalue weighted by atomic mass is 19.1. The molecule has 0 radical (unpaired) electrons. The number of rotatable bonds is 11. The van der Waals surface area contributed by atoms with Gasteiger partial charge in [-0.1, -0.05) is 6.58 Å². The molecule has 4 rings (SSSR count). The number of nitrogens with one attached hydrogen (secondary N) is 1. The van der Waals surface area contributed by atoms with Crippen LogP contribution in [0.2, 0.25) is 0 Å². The SMILES string of the molecule is C=C(/N=C\C=C(/C)Nc1ccncc1C(=O)O)c1nn(Cc2c(F)cc(OCC)cc2F)c(C2CC2)c1C. The van der Waals surface area contributed by atoms with E-state index in [-0.39, 0.29) is 29.3 Å². The molecule has 0 unspecified atom stereocenters. The van der Waals surface area contributed by atoms with Gasteiger partial charge in [-0.3, -0.25) is 14.7 Å². The molecule has 2 aromatic heterocycles. The molecule has 0 spiro atoms. The predicted molar refractivity (Wildman–Crippen MR) is 142 cm³/mol. The zero-order valence-corrected chi connectivity index (χ0v) is 21.5. The first-order valence-electron chi connectivity index (χ1n) is 12.2. The number of allylic oxidation sites excluding steroid dienone is 2. The highest BCUT2D eigenvalue weighted by molar-refractivity contribution is 5.94. The van der Waals surface area contributed by atoms with Gasteiger partial charge in [0, 0.05) is 59.2 Å². The molecule has 8 nitrogen and oxygen atoms in total. The van der Waals surface area contributed by atoms with E-state index in [2.05, 4.69) is 27.0 Å². The largest absolute Gasteiger partial charge is 0.494 e. The molecule has 2 heterocycles. The number of pyridine rings is 1. The maximum atomic E-state index is 14.8. The minimum atomic E-state index is -1.09. The van der Waals surface area contributed by atoms with Crippen LogP contribution < -0.4 is 10.1 Å². The highest BCUT2D eigenvalue weighted by Crippen LogP contribution is 2.43. The van der Waals surface area contributed by atoms with E-state index >= 15 is 0 Å². The number of aromatic nitrogens is 3. The van der Waals surface area contributed by atoms with E-state index in [0.717, 1.165) is 24.1 Å². The minimum Gasteiger partial charge on any atom is -0.494 e. The summed E-state index contributed by atoms with van der Waals surface area (Å²) in [6.45, 7) is 9.72. The highest BCUT2D eigenvalue weighted by Gasteiger charge is 2.32. The van der Waals surface area contributed by atoms with Crippen LogP contribution in [-0.2, 0) is 6.54 Å². The van der Waals surface area contributed by atoms with Crippen molar-refractivity contribution in [2.45, 2.75) is 46.1 Å². The normalized spacial score (nSPS) is 13.7. The second-order valence-electron chi connectivity index (χ2n) is 9.02. The van der Waals surface area contributed by atoms with Crippen LogP contribution in [0.15, 0.2) is 53.9 Å². The van der Waals surface area contributed by atoms with Crippen molar-refractivity contribution in [1.82, 2.24) is 14.8 Å². The summed E-state index contributed by atoms with van der Waals surface area (Å²) >= 11 is 0. The molecular weight excluding hydrogens is 492 g/mol. The Labute approximate surface area is 219 Å². The lowest BCUT2D eigenvalue weighted by Gasteiger charge is -2.11. The topological polar surface area (TPSA) is 102 Å². The lowest BCUT2D eigenvalue weighted by molar-refractivity contribution is 0.0697. The van der Waals surface area contributed by atoms with E-state index in [4.69, 9.17) is 4.74 Å². The average molecular weight is 522 g/mol. The van der Waals surface area contributed by atoms with Crippen LogP contribution in [0, 0.1) is 18.6 Å². The molecule has 1 aliphatic rings. The first-order valence-corrected chi connectivity index (χ1v) is 12.2. The zero-order valence-electron chi connectivity index (χ0n) is 21.5. The number of carboxylic acid groups (broad SMARTS) is 1. The third kappa shape index (κ3) is 5.96. The molecule has 10 heteroatoms. The number of halogens is 2. The fraction of sp³-hybridized carbons (Fsp3) is 0.286. The van der Waals surface area contributed by atoms with Gasteiger partial charge < -0.3 is 15.2 Å². The Morgan fingerprint density at radius 3 is 2.68 bits per heavy atom. The minimum absolute atomic E-state index is 0.0516. The molecular formula is C28H29F2N5O3. The Morgan fingerprint density at radius 2 is 2.05 bits per heavy atom. The maximum Gasteiger partial charge on any atom is 0.339 e. The molecule has 0 saturated heterocycles. The van der Waals surface area contributed by atoms with E-state index in [1.807, 2.05) is 6.92 Å². The predicted octanol–water partition coefficient (Wildman–Crippen LogP) is 5.94. The number of carboxylic acids is 1. The van der Waals surface area contributed by atoms with Gasteiger partial charge in [-0.2, -0.15) is 5.10 Å². The van der Waals surface area contributed by atoms with Crippen molar-refractivity contribution < 1.29 is 23.4 Å². The van der Waals surface area contributed by atoms with Gasteiger partial charge in [0.05, 0.1) is 24.5 Å². The summed E-state index contributed by atoms with van der Waals surface area (Å²) in [5.41, 5.74) is 3.78. The van der Waals surface area contributed by atoms with Gasteiger partial charge in [-0.25, -0.2) is 13.6 Å². The molecule has 0 atom stereocenters. The van der Waals surface area contributed by atoms with Gasteiger partial charge in [-0.15, -0.1) is 0 Å². The Bertz CT molecular complexity index is 1420. The van der Waals surface area contributed by atoms with Crippen LogP contribution in [0.25, 0.3) is 5.70 Å². The quantitative estimate of drug-likeness (QED) is 0.303. The van der Waals surface area contributed by atoms with Crippen LogP contribution >= 0.6 is 0 Å².